The van der Waals surface area contributed by atoms with Gasteiger partial charge in [0.05, 0.1) is 13.2 Å². The SMILES string of the molecule is CCNC(=NCc1ccc(COCC(F)(F)F)cc1)NC(C)C. The lowest BCUT2D eigenvalue weighted by molar-refractivity contribution is -0.176. The first-order valence-electron chi connectivity index (χ1n) is 7.57. The Bertz CT molecular complexity index is 484. The molecule has 1 aromatic carbocycles. The van der Waals surface area contributed by atoms with Crippen LogP contribution in [0.15, 0.2) is 29.3 Å². The summed E-state index contributed by atoms with van der Waals surface area (Å²) in [7, 11) is 0. The Hall–Kier alpha value is -1.76. The van der Waals surface area contributed by atoms with E-state index in [9.17, 15) is 13.2 Å². The highest BCUT2D eigenvalue weighted by Gasteiger charge is 2.27. The molecule has 0 aliphatic heterocycles. The van der Waals surface area contributed by atoms with E-state index in [0.717, 1.165) is 18.1 Å². The Labute approximate surface area is 135 Å². The van der Waals surface area contributed by atoms with Crippen LogP contribution in [0.4, 0.5) is 13.2 Å². The van der Waals surface area contributed by atoms with E-state index in [1.54, 1.807) is 12.1 Å². The molecule has 0 amide bonds. The summed E-state index contributed by atoms with van der Waals surface area (Å²) < 4.78 is 40.6. The van der Waals surface area contributed by atoms with Crippen molar-refractivity contribution >= 4 is 5.96 Å². The third-order valence-corrected chi connectivity index (χ3v) is 2.75. The minimum Gasteiger partial charge on any atom is -0.367 e. The van der Waals surface area contributed by atoms with E-state index in [-0.39, 0.29) is 12.6 Å². The molecule has 0 aliphatic carbocycles. The monoisotopic (exact) mass is 331 g/mol. The van der Waals surface area contributed by atoms with Crippen LogP contribution in [0.5, 0.6) is 0 Å². The molecular weight excluding hydrogens is 307 g/mol. The van der Waals surface area contributed by atoms with Crippen LogP contribution in [-0.4, -0.2) is 31.3 Å². The first kappa shape index (κ1) is 19.3. The average molecular weight is 331 g/mol. The summed E-state index contributed by atoms with van der Waals surface area (Å²) in [6, 6.07) is 7.47. The van der Waals surface area contributed by atoms with Crippen LogP contribution in [-0.2, 0) is 17.9 Å². The van der Waals surface area contributed by atoms with Crippen LogP contribution in [0, 0.1) is 0 Å². The van der Waals surface area contributed by atoms with Gasteiger partial charge in [-0.2, -0.15) is 13.2 Å². The second-order valence-corrected chi connectivity index (χ2v) is 5.42. The molecule has 0 aromatic heterocycles. The summed E-state index contributed by atoms with van der Waals surface area (Å²) in [5.74, 6) is 0.736. The molecule has 7 heteroatoms. The Balaban J connectivity index is 2.52. The highest BCUT2D eigenvalue weighted by molar-refractivity contribution is 5.79. The van der Waals surface area contributed by atoms with Crippen LogP contribution in [0.25, 0.3) is 0 Å². The van der Waals surface area contributed by atoms with Crippen molar-refractivity contribution in [3.63, 3.8) is 0 Å². The zero-order valence-corrected chi connectivity index (χ0v) is 13.7. The number of hydrogen-bond donors (Lipinski definition) is 2. The third-order valence-electron chi connectivity index (χ3n) is 2.75. The molecule has 0 heterocycles. The zero-order valence-electron chi connectivity index (χ0n) is 13.7. The summed E-state index contributed by atoms with van der Waals surface area (Å²) in [6.45, 7) is 6.03. The van der Waals surface area contributed by atoms with Gasteiger partial charge >= 0.3 is 6.18 Å². The van der Waals surface area contributed by atoms with Gasteiger partial charge in [0.2, 0.25) is 0 Å². The standard InChI is InChI=1S/C16H24F3N3O/c1-4-20-15(22-12(2)3)21-9-13-5-7-14(8-6-13)10-23-11-16(17,18)19/h5-8,12H,4,9-11H2,1-3H3,(H2,20,21,22). The van der Waals surface area contributed by atoms with Crippen molar-refractivity contribution in [2.45, 2.75) is 46.1 Å². The van der Waals surface area contributed by atoms with Crippen LogP contribution < -0.4 is 10.6 Å². The maximum absolute atomic E-state index is 12.0. The predicted octanol–water partition coefficient (Wildman–Crippen LogP) is 3.23. The fourth-order valence-corrected chi connectivity index (χ4v) is 1.79. The first-order chi connectivity index (χ1) is 10.8. The molecule has 1 rings (SSSR count). The molecule has 0 fully saturated rings. The predicted molar refractivity (Wildman–Crippen MR) is 85.2 cm³/mol. The Morgan fingerprint density at radius 2 is 1.78 bits per heavy atom. The van der Waals surface area contributed by atoms with Gasteiger partial charge < -0.3 is 15.4 Å². The molecule has 23 heavy (non-hydrogen) atoms. The molecular formula is C16H24F3N3O. The first-order valence-corrected chi connectivity index (χ1v) is 7.57. The largest absolute Gasteiger partial charge is 0.411 e. The highest BCUT2D eigenvalue weighted by atomic mass is 19.4. The summed E-state index contributed by atoms with van der Waals surface area (Å²) in [6.07, 6.45) is -4.29. The van der Waals surface area contributed by atoms with Crippen LogP contribution >= 0.6 is 0 Å². The summed E-state index contributed by atoms with van der Waals surface area (Å²) in [5, 5.41) is 6.37. The maximum atomic E-state index is 12.0. The molecule has 1 aromatic rings. The van der Waals surface area contributed by atoms with Crippen molar-refractivity contribution in [2.75, 3.05) is 13.2 Å². The Morgan fingerprint density at radius 3 is 2.30 bits per heavy atom. The van der Waals surface area contributed by atoms with E-state index in [4.69, 9.17) is 0 Å². The van der Waals surface area contributed by atoms with Gasteiger partial charge in [-0.3, -0.25) is 0 Å². The number of guanidine groups is 1. The molecule has 4 nitrogen and oxygen atoms in total. The van der Waals surface area contributed by atoms with Gasteiger partial charge in [-0.15, -0.1) is 0 Å². The van der Waals surface area contributed by atoms with Gasteiger partial charge in [-0.1, -0.05) is 24.3 Å². The van der Waals surface area contributed by atoms with Crippen molar-refractivity contribution in [3.05, 3.63) is 35.4 Å². The van der Waals surface area contributed by atoms with E-state index in [1.807, 2.05) is 32.9 Å². The lowest BCUT2D eigenvalue weighted by atomic mass is 10.1. The number of ether oxygens (including phenoxy) is 1. The van der Waals surface area contributed by atoms with Gasteiger partial charge in [-0.25, -0.2) is 4.99 Å². The number of aliphatic imine (C=N–C) groups is 1. The Kier molecular flexibility index (Phi) is 7.88. The number of rotatable bonds is 7. The summed E-state index contributed by atoms with van der Waals surface area (Å²) in [5.41, 5.74) is 1.68. The number of benzene rings is 1. The fraction of sp³-hybridized carbons (Fsp3) is 0.562. The highest BCUT2D eigenvalue weighted by Crippen LogP contribution is 2.16. The average Bonchev–Trinajstić information content (AvgIpc) is 2.44. The number of halogens is 3. The van der Waals surface area contributed by atoms with Crippen molar-refractivity contribution in [2.24, 2.45) is 4.99 Å². The quantitative estimate of drug-likeness (QED) is 0.596. The Morgan fingerprint density at radius 1 is 1.17 bits per heavy atom. The summed E-state index contributed by atoms with van der Waals surface area (Å²) in [4.78, 5) is 4.46. The van der Waals surface area contributed by atoms with Crippen molar-refractivity contribution in [1.82, 2.24) is 10.6 Å². The maximum Gasteiger partial charge on any atom is 0.411 e. The normalized spacial score (nSPS) is 12.6. The van der Waals surface area contributed by atoms with Crippen molar-refractivity contribution < 1.29 is 17.9 Å². The summed E-state index contributed by atoms with van der Waals surface area (Å²) >= 11 is 0. The number of nitrogens with one attached hydrogen (secondary N) is 2. The van der Waals surface area contributed by atoms with E-state index >= 15 is 0 Å². The molecule has 0 bridgehead atoms. The topological polar surface area (TPSA) is 45.7 Å². The lowest BCUT2D eigenvalue weighted by Gasteiger charge is -2.14. The van der Waals surface area contributed by atoms with Gasteiger partial charge in [0.25, 0.3) is 0 Å². The molecule has 0 aliphatic rings. The van der Waals surface area contributed by atoms with Gasteiger partial charge in [-0.05, 0) is 31.9 Å². The fourth-order valence-electron chi connectivity index (χ4n) is 1.79. The minimum atomic E-state index is -4.29. The van der Waals surface area contributed by atoms with Crippen LogP contribution in [0.2, 0.25) is 0 Å². The van der Waals surface area contributed by atoms with E-state index < -0.39 is 12.8 Å². The van der Waals surface area contributed by atoms with Gasteiger partial charge in [0.1, 0.15) is 6.61 Å². The van der Waals surface area contributed by atoms with Gasteiger partial charge in [0, 0.05) is 12.6 Å². The lowest BCUT2D eigenvalue weighted by Crippen LogP contribution is -2.40. The molecule has 0 radical (unpaired) electrons. The van der Waals surface area contributed by atoms with E-state index in [0.29, 0.717) is 12.1 Å². The minimum absolute atomic E-state index is 0.0550. The van der Waals surface area contributed by atoms with Crippen molar-refractivity contribution in [1.29, 1.82) is 0 Å². The third kappa shape index (κ3) is 9.07. The molecule has 0 unspecified atom stereocenters. The molecule has 0 saturated heterocycles. The number of alkyl halides is 3. The van der Waals surface area contributed by atoms with Crippen LogP contribution in [0.1, 0.15) is 31.9 Å². The van der Waals surface area contributed by atoms with E-state index in [1.165, 1.54) is 0 Å². The van der Waals surface area contributed by atoms with Crippen molar-refractivity contribution in [3.8, 4) is 0 Å². The second kappa shape index (κ2) is 9.39. The zero-order chi connectivity index (χ0) is 17.3. The molecule has 0 spiro atoms. The molecule has 2 N–H and O–H groups in total. The number of hydrogen-bond acceptors (Lipinski definition) is 2. The number of nitrogens with zero attached hydrogens (tertiary/aromatic N) is 1. The second-order valence-electron chi connectivity index (χ2n) is 5.42. The molecule has 0 atom stereocenters. The molecule has 0 saturated carbocycles. The van der Waals surface area contributed by atoms with E-state index in [2.05, 4.69) is 20.4 Å². The smallest absolute Gasteiger partial charge is 0.367 e. The van der Waals surface area contributed by atoms with Gasteiger partial charge in [0.15, 0.2) is 5.96 Å². The molecule has 130 valence electrons. The van der Waals surface area contributed by atoms with Crippen LogP contribution in [0.3, 0.4) is 0 Å².